The van der Waals surface area contributed by atoms with Crippen molar-refractivity contribution in [1.29, 1.82) is 0 Å². The molecule has 0 N–H and O–H groups in total. The van der Waals surface area contributed by atoms with Gasteiger partial charge in [-0.15, -0.1) is 0 Å². The van der Waals surface area contributed by atoms with Crippen LogP contribution in [-0.2, 0) is 6.18 Å². The van der Waals surface area contributed by atoms with E-state index in [1.807, 2.05) is 71.3 Å². The fourth-order valence-electron chi connectivity index (χ4n) is 4.25. The van der Waals surface area contributed by atoms with Gasteiger partial charge in [0.2, 0.25) is 0 Å². The molecule has 0 spiro atoms. The van der Waals surface area contributed by atoms with Gasteiger partial charge in [-0.2, -0.15) is 13.2 Å². The summed E-state index contributed by atoms with van der Waals surface area (Å²) in [5.74, 6) is 1.39. The van der Waals surface area contributed by atoms with Crippen LogP contribution >= 0.6 is 0 Å². The predicted molar refractivity (Wildman–Crippen MR) is 124 cm³/mol. The molecule has 5 rings (SSSR count). The largest absolute Gasteiger partial charge is 0.497 e. The van der Waals surface area contributed by atoms with E-state index in [0.717, 1.165) is 27.9 Å². The van der Waals surface area contributed by atoms with Crippen LogP contribution in [0.5, 0.6) is 11.5 Å². The standard InChI is InChI=1S/C27H20F3NO2/c1-32-19-9-12-25-22(15-19)23-16-20(33-2)10-13-26(23)31(25)24-11-8-18(27(28,29)30)14-21(24)17-6-4-3-5-7-17/h3-16H,1-2H3. The number of hydrogen-bond acceptors (Lipinski definition) is 2. The average molecular weight is 447 g/mol. The van der Waals surface area contributed by atoms with Crippen LogP contribution in [0.25, 0.3) is 38.6 Å². The molecule has 0 aliphatic carbocycles. The number of nitrogens with zero attached hydrogens (tertiary/aromatic N) is 1. The van der Waals surface area contributed by atoms with Crippen LogP contribution in [0.15, 0.2) is 84.9 Å². The van der Waals surface area contributed by atoms with E-state index in [9.17, 15) is 13.2 Å². The van der Waals surface area contributed by atoms with Crippen molar-refractivity contribution in [2.24, 2.45) is 0 Å². The lowest BCUT2D eigenvalue weighted by molar-refractivity contribution is -0.137. The molecule has 0 atom stereocenters. The van der Waals surface area contributed by atoms with Crippen LogP contribution in [0.2, 0.25) is 0 Å². The molecular formula is C27H20F3NO2. The Bertz CT molecular complexity index is 1410. The number of benzene rings is 4. The average Bonchev–Trinajstić information content (AvgIpc) is 3.16. The Labute approximate surface area is 188 Å². The maximum Gasteiger partial charge on any atom is 0.416 e. The van der Waals surface area contributed by atoms with Gasteiger partial charge in [-0.3, -0.25) is 0 Å². The zero-order valence-electron chi connectivity index (χ0n) is 18.0. The number of halogens is 3. The van der Waals surface area contributed by atoms with Crippen LogP contribution < -0.4 is 9.47 Å². The molecule has 0 aliphatic heterocycles. The zero-order valence-corrected chi connectivity index (χ0v) is 18.0. The number of hydrogen-bond donors (Lipinski definition) is 0. The Morgan fingerprint density at radius 3 is 1.76 bits per heavy atom. The van der Waals surface area contributed by atoms with Gasteiger partial charge in [-0.25, -0.2) is 0 Å². The van der Waals surface area contributed by atoms with Gasteiger partial charge in [0.15, 0.2) is 0 Å². The quantitative estimate of drug-likeness (QED) is 0.285. The Hall–Kier alpha value is -3.93. The number of fused-ring (bicyclic) bond motifs is 3. The first-order chi connectivity index (χ1) is 15.9. The molecule has 0 saturated carbocycles. The lowest BCUT2D eigenvalue weighted by Crippen LogP contribution is -2.06. The normalized spacial score (nSPS) is 11.8. The van der Waals surface area contributed by atoms with E-state index in [0.29, 0.717) is 28.3 Å². The molecule has 3 nitrogen and oxygen atoms in total. The number of aromatic nitrogens is 1. The number of ether oxygens (including phenoxy) is 2. The van der Waals surface area contributed by atoms with Gasteiger partial charge in [0, 0.05) is 16.3 Å². The van der Waals surface area contributed by atoms with Crippen molar-refractivity contribution in [3.8, 4) is 28.3 Å². The fourth-order valence-corrected chi connectivity index (χ4v) is 4.25. The smallest absolute Gasteiger partial charge is 0.416 e. The molecule has 0 radical (unpaired) electrons. The van der Waals surface area contributed by atoms with Crippen molar-refractivity contribution >= 4 is 21.8 Å². The molecule has 4 aromatic carbocycles. The van der Waals surface area contributed by atoms with E-state index < -0.39 is 11.7 Å². The lowest BCUT2D eigenvalue weighted by atomic mass is 10.00. The molecule has 1 aromatic heterocycles. The van der Waals surface area contributed by atoms with Crippen molar-refractivity contribution in [3.05, 3.63) is 90.5 Å². The first-order valence-corrected chi connectivity index (χ1v) is 10.3. The van der Waals surface area contributed by atoms with Crippen LogP contribution in [0.4, 0.5) is 13.2 Å². The summed E-state index contributed by atoms with van der Waals surface area (Å²) in [7, 11) is 3.20. The lowest BCUT2D eigenvalue weighted by Gasteiger charge is -2.17. The molecule has 5 aromatic rings. The second-order valence-electron chi connectivity index (χ2n) is 7.70. The Kier molecular flexibility index (Phi) is 5.01. The molecule has 6 heteroatoms. The first-order valence-electron chi connectivity index (χ1n) is 10.3. The van der Waals surface area contributed by atoms with E-state index in [4.69, 9.17) is 9.47 Å². The molecule has 0 unspecified atom stereocenters. The molecule has 0 fully saturated rings. The summed E-state index contributed by atoms with van der Waals surface area (Å²) in [4.78, 5) is 0. The highest BCUT2D eigenvalue weighted by Crippen LogP contribution is 2.41. The second-order valence-corrected chi connectivity index (χ2v) is 7.70. The van der Waals surface area contributed by atoms with E-state index in [1.165, 1.54) is 6.07 Å². The Morgan fingerprint density at radius 1 is 0.667 bits per heavy atom. The summed E-state index contributed by atoms with van der Waals surface area (Å²) in [5.41, 5.74) is 2.89. The van der Waals surface area contributed by atoms with Crippen molar-refractivity contribution in [3.63, 3.8) is 0 Å². The fraction of sp³-hybridized carbons (Fsp3) is 0.111. The van der Waals surface area contributed by atoms with E-state index >= 15 is 0 Å². The van der Waals surface area contributed by atoms with Crippen molar-refractivity contribution in [1.82, 2.24) is 4.57 Å². The van der Waals surface area contributed by atoms with Crippen LogP contribution in [0.1, 0.15) is 5.56 Å². The van der Waals surface area contributed by atoms with Crippen molar-refractivity contribution in [2.45, 2.75) is 6.18 Å². The highest BCUT2D eigenvalue weighted by molar-refractivity contribution is 6.10. The first kappa shape index (κ1) is 20.9. The summed E-state index contributed by atoms with van der Waals surface area (Å²) < 4.78 is 53.6. The molecule has 0 bridgehead atoms. The molecule has 1 heterocycles. The van der Waals surface area contributed by atoms with Crippen LogP contribution in [-0.4, -0.2) is 18.8 Å². The van der Waals surface area contributed by atoms with E-state index in [2.05, 4.69) is 0 Å². The van der Waals surface area contributed by atoms with Gasteiger partial charge in [0.1, 0.15) is 11.5 Å². The Morgan fingerprint density at radius 2 is 1.24 bits per heavy atom. The van der Waals surface area contributed by atoms with Gasteiger partial charge >= 0.3 is 6.18 Å². The minimum atomic E-state index is -4.44. The van der Waals surface area contributed by atoms with Crippen LogP contribution in [0, 0.1) is 0 Å². The molecular weight excluding hydrogens is 427 g/mol. The molecule has 0 saturated heterocycles. The molecule has 33 heavy (non-hydrogen) atoms. The summed E-state index contributed by atoms with van der Waals surface area (Å²) in [6.45, 7) is 0. The van der Waals surface area contributed by atoms with Gasteiger partial charge in [-0.1, -0.05) is 30.3 Å². The van der Waals surface area contributed by atoms with Crippen LogP contribution in [0.3, 0.4) is 0 Å². The predicted octanol–water partition coefficient (Wildman–Crippen LogP) is 7.49. The molecule has 0 aliphatic rings. The minimum Gasteiger partial charge on any atom is -0.497 e. The topological polar surface area (TPSA) is 23.4 Å². The third kappa shape index (κ3) is 3.57. The third-order valence-corrected chi connectivity index (χ3v) is 5.83. The van der Waals surface area contributed by atoms with Gasteiger partial charge in [0.25, 0.3) is 0 Å². The number of methoxy groups -OCH3 is 2. The number of alkyl halides is 3. The highest BCUT2D eigenvalue weighted by atomic mass is 19.4. The molecule has 0 amide bonds. The van der Waals surface area contributed by atoms with Gasteiger partial charge in [0.05, 0.1) is 36.5 Å². The summed E-state index contributed by atoms with van der Waals surface area (Å²) >= 11 is 0. The summed E-state index contributed by atoms with van der Waals surface area (Å²) in [6.07, 6.45) is -4.44. The maximum absolute atomic E-state index is 13.6. The summed E-state index contributed by atoms with van der Waals surface area (Å²) in [5, 5.41) is 1.84. The minimum absolute atomic E-state index is 0.496. The maximum atomic E-state index is 13.6. The Balaban J connectivity index is 1.89. The summed E-state index contributed by atoms with van der Waals surface area (Å²) in [6, 6.07) is 24.4. The van der Waals surface area contributed by atoms with Gasteiger partial charge in [-0.05, 0) is 60.2 Å². The monoisotopic (exact) mass is 447 g/mol. The third-order valence-electron chi connectivity index (χ3n) is 5.83. The number of rotatable bonds is 4. The SMILES string of the molecule is COc1ccc2c(c1)c1cc(OC)ccc1n2-c1ccc(C(F)(F)F)cc1-c1ccccc1. The second kappa shape index (κ2) is 7.89. The van der Waals surface area contributed by atoms with Crippen molar-refractivity contribution < 1.29 is 22.6 Å². The zero-order chi connectivity index (χ0) is 23.2. The van der Waals surface area contributed by atoms with E-state index in [1.54, 1.807) is 20.3 Å². The highest BCUT2D eigenvalue weighted by Gasteiger charge is 2.31. The van der Waals surface area contributed by atoms with E-state index in [-0.39, 0.29) is 0 Å². The molecule has 166 valence electrons. The van der Waals surface area contributed by atoms with Crippen molar-refractivity contribution in [2.75, 3.05) is 14.2 Å². The van der Waals surface area contributed by atoms with Gasteiger partial charge < -0.3 is 14.0 Å².